The van der Waals surface area contributed by atoms with Gasteiger partial charge in [0.25, 0.3) is 0 Å². The van der Waals surface area contributed by atoms with Crippen molar-refractivity contribution in [2.24, 2.45) is 0 Å². The zero-order valence-corrected chi connectivity index (χ0v) is 17.9. The van der Waals surface area contributed by atoms with Gasteiger partial charge in [0.05, 0.1) is 0 Å². The molecule has 0 radical (unpaired) electrons. The Morgan fingerprint density at radius 2 is 1.62 bits per heavy atom. The van der Waals surface area contributed by atoms with Gasteiger partial charge in [-0.2, -0.15) is 0 Å². The number of anilines is 2. The SMILES string of the molecule is CC(=O)N(CCC(=O)N1CCN(c2cccc(C)c2)CC1)c1cc(C)ccc1C. The molecule has 0 spiro atoms. The van der Waals surface area contributed by atoms with Crippen molar-refractivity contribution < 1.29 is 9.59 Å². The topological polar surface area (TPSA) is 43.9 Å². The third kappa shape index (κ3) is 5.17. The first-order valence-electron chi connectivity index (χ1n) is 10.3. The molecule has 1 heterocycles. The fraction of sp³-hybridized carbons (Fsp3) is 0.417. The number of nitrogens with zero attached hydrogens (tertiary/aromatic N) is 3. The van der Waals surface area contributed by atoms with E-state index in [1.165, 1.54) is 11.3 Å². The average molecular weight is 394 g/mol. The molecule has 0 bridgehead atoms. The van der Waals surface area contributed by atoms with E-state index >= 15 is 0 Å². The van der Waals surface area contributed by atoms with Crippen LogP contribution < -0.4 is 9.80 Å². The number of amides is 2. The highest BCUT2D eigenvalue weighted by atomic mass is 16.2. The normalized spacial score (nSPS) is 14.1. The summed E-state index contributed by atoms with van der Waals surface area (Å²) in [6.45, 7) is 11.2. The van der Waals surface area contributed by atoms with Crippen molar-refractivity contribution in [3.05, 3.63) is 59.2 Å². The zero-order chi connectivity index (χ0) is 21.0. The van der Waals surface area contributed by atoms with E-state index in [4.69, 9.17) is 0 Å². The third-order valence-corrected chi connectivity index (χ3v) is 5.58. The van der Waals surface area contributed by atoms with Gasteiger partial charge < -0.3 is 14.7 Å². The number of aryl methyl sites for hydroxylation is 3. The van der Waals surface area contributed by atoms with Crippen molar-refractivity contribution in [3.63, 3.8) is 0 Å². The van der Waals surface area contributed by atoms with E-state index in [1.54, 1.807) is 11.8 Å². The van der Waals surface area contributed by atoms with Gasteiger partial charge in [-0.05, 0) is 55.7 Å². The van der Waals surface area contributed by atoms with Gasteiger partial charge >= 0.3 is 0 Å². The average Bonchev–Trinajstić information content (AvgIpc) is 2.70. The maximum Gasteiger partial charge on any atom is 0.224 e. The van der Waals surface area contributed by atoms with Crippen LogP contribution in [0.2, 0.25) is 0 Å². The number of piperazine rings is 1. The van der Waals surface area contributed by atoms with Crippen LogP contribution in [-0.2, 0) is 9.59 Å². The Morgan fingerprint density at radius 3 is 2.28 bits per heavy atom. The summed E-state index contributed by atoms with van der Waals surface area (Å²) in [5.74, 6) is 0.0845. The lowest BCUT2D eigenvalue weighted by Crippen LogP contribution is -2.49. The van der Waals surface area contributed by atoms with Crippen molar-refractivity contribution in [1.29, 1.82) is 0 Å². The van der Waals surface area contributed by atoms with Crippen molar-refractivity contribution in [2.75, 3.05) is 42.5 Å². The molecule has 0 unspecified atom stereocenters. The van der Waals surface area contributed by atoms with Crippen molar-refractivity contribution in [3.8, 4) is 0 Å². The highest BCUT2D eigenvalue weighted by Crippen LogP contribution is 2.23. The van der Waals surface area contributed by atoms with Crippen LogP contribution in [0, 0.1) is 20.8 Å². The van der Waals surface area contributed by atoms with Crippen LogP contribution in [0.3, 0.4) is 0 Å². The standard InChI is InChI=1S/C24H31N3O2/c1-18-6-5-7-22(16-18)25-12-14-26(15-13-25)24(29)10-11-27(21(4)28)23-17-19(2)8-9-20(23)3/h5-9,16-17H,10-15H2,1-4H3. The minimum atomic E-state index is -0.0317. The largest absolute Gasteiger partial charge is 0.368 e. The summed E-state index contributed by atoms with van der Waals surface area (Å²) in [5.41, 5.74) is 5.52. The highest BCUT2D eigenvalue weighted by Gasteiger charge is 2.23. The van der Waals surface area contributed by atoms with E-state index in [0.717, 1.165) is 43.0 Å². The molecule has 3 rings (SSSR count). The molecule has 1 saturated heterocycles. The Kier molecular flexibility index (Phi) is 6.57. The Hall–Kier alpha value is -2.82. The maximum atomic E-state index is 12.8. The number of carbonyl (C=O) groups excluding carboxylic acids is 2. The number of carbonyl (C=O) groups is 2. The fourth-order valence-electron chi connectivity index (χ4n) is 3.86. The van der Waals surface area contributed by atoms with Crippen LogP contribution in [0.25, 0.3) is 0 Å². The lowest BCUT2D eigenvalue weighted by Gasteiger charge is -2.36. The molecule has 2 amide bonds. The summed E-state index contributed by atoms with van der Waals surface area (Å²) < 4.78 is 0. The molecule has 2 aromatic rings. The first-order chi connectivity index (χ1) is 13.8. The quantitative estimate of drug-likeness (QED) is 0.778. The van der Waals surface area contributed by atoms with Crippen LogP contribution in [-0.4, -0.2) is 49.4 Å². The van der Waals surface area contributed by atoms with Gasteiger partial charge in [-0.1, -0.05) is 24.3 Å². The highest BCUT2D eigenvalue weighted by molar-refractivity contribution is 5.93. The summed E-state index contributed by atoms with van der Waals surface area (Å²) in [4.78, 5) is 31.0. The van der Waals surface area contributed by atoms with Gasteiger partial charge in [0.1, 0.15) is 0 Å². The van der Waals surface area contributed by atoms with Crippen LogP contribution in [0.15, 0.2) is 42.5 Å². The van der Waals surface area contributed by atoms with Crippen molar-refractivity contribution in [1.82, 2.24) is 4.90 Å². The molecule has 1 aliphatic rings. The van der Waals surface area contributed by atoms with E-state index in [2.05, 4.69) is 36.1 Å². The molecule has 5 heteroatoms. The monoisotopic (exact) mass is 393 g/mol. The van der Waals surface area contributed by atoms with E-state index in [1.807, 2.05) is 36.9 Å². The number of hydrogen-bond donors (Lipinski definition) is 0. The molecule has 2 aromatic carbocycles. The Labute approximate surface area is 173 Å². The molecule has 0 aromatic heterocycles. The Balaban J connectivity index is 1.57. The summed E-state index contributed by atoms with van der Waals surface area (Å²) in [7, 11) is 0. The second kappa shape index (κ2) is 9.12. The second-order valence-electron chi connectivity index (χ2n) is 7.92. The molecular weight excluding hydrogens is 362 g/mol. The lowest BCUT2D eigenvalue weighted by molar-refractivity contribution is -0.131. The smallest absolute Gasteiger partial charge is 0.224 e. The second-order valence-corrected chi connectivity index (χ2v) is 7.92. The van der Waals surface area contributed by atoms with Gasteiger partial charge in [0.15, 0.2) is 0 Å². The molecule has 1 aliphatic heterocycles. The van der Waals surface area contributed by atoms with Crippen LogP contribution in [0.1, 0.15) is 30.0 Å². The molecular formula is C24H31N3O2. The van der Waals surface area contributed by atoms with Crippen LogP contribution in [0.4, 0.5) is 11.4 Å². The predicted octanol–water partition coefficient (Wildman–Crippen LogP) is 3.70. The number of hydrogen-bond acceptors (Lipinski definition) is 3. The molecule has 154 valence electrons. The maximum absolute atomic E-state index is 12.8. The molecule has 0 N–H and O–H groups in total. The van der Waals surface area contributed by atoms with Crippen molar-refractivity contribution >= 4 is 23.2 Å². The van der Waals surface area contributed by atoms with E-state index < -0.39 is 0 Å². The van der Waals surface area contributed by atoms with Crippen molar-refractivity contribution in [2.45, 2.75) is 34.1 Å². The molecule has 29 heavy (non-hydrogen) atoms. The molecule has 1 fully saturated rings. The van der Waals surface area contributed by atoms with E-state index in [9.17, 15) is 9.59 Å². The first kappa shape index (κ1) is 20.9. The molecule has 0 aliphatic carbocycles. The molecule has 5 nitrogen and oxygen atoms in total. The summed E-state index contributed by atoms with van der Waals surface area (Å²) in [6, 6.07) is 14.6. The van der Waals surface area contributed by atoms with Gasteiger partial charge in [0, 0.05) is 57.4 Å². The van der Waals surface area contributed by atoms with E-state index in [-0.39, 0.29) is 11.8 Å². The van der Waals surface area contributed by atoms with Crippen LogP contribution >= 0.6 is 0 Å². The number of rotatable bonds is 5. The summed E-state index contributed by atoms with van der Waals surface area (Å²) >= 11 is 0. The lowest BCUT2D eigenvalue weighted by atomic mass is 10.1. The van der Waals surface area contributed by atoms with Gasteiger partial charge in [-0.25, -0.2) is 0 Å². The van der Waals surface area contributed by atoms with Gasteiger partial charge in [0.2, 0.25) is 11.8 Å². The van der Waals surface area contributed by atoms with Crippen LogP contribution in [0.5, 0.6) is 0 Å². The zero-order valence-electron chi connectivity index (χ0n) is 17.9. The summed E-state index contributed by atoms with van der Waals surface area (Å²) in [5, 5.41) is 0. The predicted molar refractivity (Wildman–Crippen MR) is 119 cm³/mol. The third-order valence-electron chi connectivity index (χ3n) is 5.58. The minimum absolute atomic E-state index is 0.0317. The van der Waals surface area contributed by atoms with Gasteiger partial charge in [-0.15, -0.1) is 0 Å². The summed E-state index contributed by atoms with van der Waals surface area (Å²) in [6.07, 6.45) is 0.345. The molecule has 0 saturated carbocycles. The minimum Gasteiger partial charge on any atom is -0.368 e. The Bertz CT molecular complexity index is 885. The fourth-order valence-corrected chi connectivity index (χ4v) is 3.86. The van der Waals surface area contributed by atoms with E-state index in [0.29, 0.717) is 13.0 Å². The first-order valence-corrected chi connectivity index (χ1v) is 10.3. The molecule has 0 atom stereocenters. The number of benzene rings is 2. The Morgan fingerprint density at radius 1 is 0.931 bits per heavy atom. The van der Waals surface area contributed by atoms with Gasteiger partial charge in [-0.3, -0.25) is 9.59 Å².